The van der Waals surface area contributed by atoms with Crippen LogP contribution in [0.2, 0.25) is 0 Å². The standard InChI is InChI=1S/C15H24FNO2S/c1-3-11-17-15(10-7-12-20(18,19)4-2)13-8-5-6-9-14(13)16/h5-6,8-9,15,17H,3-4,7,10-12H2,1-2H3. The molecule has 0 amide bonds. The summed E-state index contributed by atoms with van der Waals surface area (Å²) in [5.41, 5.74) is 0.620. The maximum atomic E-state index is 13.8. The molecule has 0 saturated carbocycles. The molecule has 0 aliphatic heterocycles. The van der Waals surface area contributed by atoms with E-state index in [1.54, 1.807) is 19.1 Å². The van der Waals surface area contributed by atoms with Crippen molar-refractivity contribution >= 4 is 9.84 Å². The molecule has 3 nitrogen and oxygen atoms in total. The Morgan fingerprint density at radius 1 is 1.25 bits per heavy atom. The first-order valence-electron chi connectivity index (χ1n) is 7.18. The van der Waals surface area contributed by atoms with E-state index in [4.69, 9.17) is 0 Å². The summed E-state index contributed by atoms with van der Waals surface area (Å²) >= 11 is 0. The Balaban J connectivity index is 2.68. The van der Waals surface area contributed by atoms with Crippen LogP contribution in [-0.4, -0.2) is 26.5 Å². The van der Waals surface area contributed by atoms with Crippen LogP contribution >= 0.6 is 0 Å². The second kappa shape index (κ2) is 8.37. The van der Waals surface area contributed by atoms with Gasteiger partial charge in [-0.3, -0.25) is 0 Å². The van der Waals surface area contributed by atoms with Crippen molar-refractivity contribution in [2.45, 2.75) is 39.2 Å². The summed E-state index contributed by atoms with van der Waals surface area (Å²) in [7, 11) is -2.95. The predicted molar refractivity (Wildman–Crippen MR) is 81.0 cm³/mol. The van der Waals surface area contributed by atoms with Gasteiger partial charge in [0, 0.05) is 17.4 Å². The zero-order valence-corrected chi connectivity index (χ0v) is 13.0. The van der Waals surface area contributed by atoms with Crippen molar-refractivity contribution in [1.29, 1.82) is 0 Å². The fraction of sp³-hybridized carbons (Fsp3) is 0.600. The second-order valence-electron chi connectivity index (χ2n) is 4.91. The smallest absolute Gasteiger partial charge is 0.150 e. The molecule has 0 aromatic heterocycles. The van der Waals surface area contributed by atoms with Gasteiger partial charge in [-0.25, -0.2) is 12.8 Å². The molecule has 0 fully saturated rings. The van der Waals surface area contributed by atoms with Crippen molar-refractivity contribution in [3.8, 4) is 0 Å². The summed E-state index contributed by atoms with van der Waals surface area (Å²) in [5, 5.41) is 3.30. The molecule has 0 aliphatic carbocycles. The predicted octanol–water partition coefficient (Wildman–Crippen LogP) is 3.08. The zero-order chi connectivity index (χ0) is 15.0. The fourth-order valence-corrected chi connectivity index (χ4v) is 2.99. The molecule has 5 heteroatoms. The van der Waals surface area contributed by atoms with Gasteiger partial charge >= 0.3 is 0 Å². The summed E-state index contributed by atoms with van der Waals surface area (Å²) in [4.78, 5) is 0. The summed E-state index contributed by atoms with van der Waals surface area (Å²) in [6, 6.07) is 6.55. The van der Waals surface area contributed by atoms with Gasteiger partial charge in [0.05, 0.1) is 5.75 Å². The molecule has 1 unspecified atom stereocenters. The Hall–Kier alpha value is -0.940. The third kappa shape index (κ3) is 5.59. The van der Waals surface area contributed by atoms with Crippen LogP contribution in [0, 0.1) is 5.82 Å². The van der Waals surface area contributed by atoms with Gasteiger partial charge in [-0.15, -0.1) is 0 Å². The molecule has 114 valence electrons. The number of hydrogen-bond acceptors (Lipinski definition) is 3. The van der Waals surface area contributed by atoms with E-state index < -0.39 is 9.84 Å². The highest BCUT2D eigenvalue weighted by atomic mass is 32.2. The lowest BCUT2D eigenvalue weighted by atomic mass is 10.0. The molecule has 0 bridgehead atoms. The van der Waals surface area contributed by atoms with Gasteiger partial charge in [-0.1, -0.05) is 32.0 Å². The van der Waals surface area contributed by atoms with Crippen LogP contribution in [-0.2, 0) is 9.84 Å². The monoisotopic (exact) mass is 301 g/mol. The van der Waals surface area contributed by atoms with E-state index in [1.807, 2.05) is 13.0 Å². The molecule has 1 aromatic rings. The van der Waals surface area contributed by atoms with Crippen LogP contribution in [0.1, 0.15) is 44.7 Å². The van der Waals surface area contributed by atoms with Gasteiger partial charge in [-0.2, -0.15) is 0 Å². The minimum Gasteiger partial charge on any atom is -0.310 e. The van der Waals surface area contributed by atoms with Crippen molar-refractivity contribution < 1.29 is 12.8 Å². The van der Waals surface area contributed by atoms with E-state index in [2.05, 4.69) is 5.32 Å². The third-order valence-electron chi connectivity index (χ3n) is 3.31. The first-order valence-corrected chi connectivity index (χ1v) is 9.00. The minimum absolute atomic E-state index is 0.122. The molecule has 0 heterocycles. The van der Waals surface area contributed by atoms with E-state index in [0.29, 0.717) is 18.4 Å². The molecule has 1 atom stereocenters. The van der Waals surface area contributed by atoms with Crippen molar-refractivity contribution in [2.75, 3.05) is 18.1 Å². The average molecular weight is 301 g/mol. The van der Waals surface area contributed by atoms with Crippen molar-refractivity contribution in [3.05, 3.63) is 35.6 Å². The van der Waals surface area contributed by atoms with Crippen LogP contribution in [0.25, 0.3) is 0 Å². The first kappa shape index (κ1) is 17.1. The van der Waals surface area contributed by atoms with Crippen molar-refractivity contribution in [3.63, 3.8) is 0 Å². The summed E-state index contributed by atoms with van der Waals surface area (Å²) < 4.78 is 36.8. The molecule has 0 spiro atoms. The highest BCUT2D eigenvalue weighted by Gasteiger charge is 2.16. The van der Waals surface area contributed by atoms with Crippen LogP contribution < -0.4 is 5.32 Å². The van der Waals surface area contributed by atoms with Gasteiger partial charge in [0.25, 0.3) is 0 Å². The number of benzene rings is 1. The lowest BCUT2D eigenvalue weighted by Crippen LogP contribution is -2.24. The molecule has 0 saturated heterocycles. The lowest BCUT2D eigenvalue weighted by molar-refractivity contribution is 0.468. The summed E-state index contributed by atoms with van der Waals surface area (Å²) in [5.74, 6) is 0.0987. The quantitative estimate of drug-likeness (QED) is 0.762. The molecular formula is C15H24FNO2S. The van der Waals surface area contributed by atoms with Gasteiger partial charge in [0.1, 0.15) is 15.7 Å². The number of halogens is 1. The summed E-state index contributed by atoms with van der Waals surface area (Å²) in [6.45, 7) is 4.49. The Labute approximate surface area is 121 Å². The van der Waals surface area contributed by atoms with E-state index in [9.17, 15) is 12.8 Å². The van der Waals surface area contributed by atoms with Gasteiger partial charge in [-0.05, 0) is 31.9 Å². The molecule has 1 aromatic carbocycles. The maximum absolute atomic E-state index is 13.8. The van der Waals surface area contributed by atoms with Gasteiger partial charge < -0.3 is 5.32 Å². The van der Waals surface area contributed by atoms with E-state index in [0.717, 1.165) is 13.0 Å². The van der Waals surface area contributed by atoms with Crippen LogP contribution in [0.4, 0.5) is 4.39 Å². The molecular weight excluding hydrogens is 277 g/mol. The highest BCUT2D eigenvalue weighted by Crippen LogP contribution is 2.21. The lowest BCUT2D eigenvalue weighted by Gasteiger charge is -2.19. The van der Waals surface area contributed by atoms with E-state index in [-0.39, 0.29) is 23.4 Å². The minimum atomic E-state index is -2.95. The van der Waals surface area contributed by atoms with E-state index >= 15 is 0 Å². The largest absolute Gasteiger partial charge is 0.310 e. The second-order valence-corrected chi connectivity index (χ2v) is 7.38. The fourth-order valence-electron chi connectivity index (χ4n) is 2.10. The van der Waals surface area contributed by atoms with Crippen molar-refractivity contribution in [2.24, 2.45) is 0 Å². The number of sulfone groups is 1. The number of hydrogen-bond donors (Lipinski definition) is 1. The average Bonchev–Trinajstić information content (AvgIpc) is 2.43. The van der Waals surface area contributed by atoms with E-state index in [1.165, 1.54) is 6.07 Å². The Morgan fingerprint density at radius 2 is 1.95 bits per heavy atom. The zero-order valence-electron chi connectivity index (χ0n) is 12.2. The van der Waals surface area contributed by atoms with Gasteiger partial charge in [0.2, 0.25) is 0 Å². The molecule has 1 N–H and O–H groups in total. The highest BCUT2D eigenvalue weighted by molar-refractivity contribution is 7.91. The molecule has 0 aliphatic rings. The van der Waals surface area contributed by atoms with Crippen LogP contribution in [0.5, 0.6) is 0 Å². The Morgan fingerprint density at radius 3 is 2.55 bits per heavy atom. The Bertz CT molecular complexity index is 502. The molecule has 1 rings (SSSR count). The molecule has 0 radical (unpaired) electrons. The van der Waals surface area contributed by atoms with Crippen molar-refractivity contribution in [1.82, 2.24) is 5.32 Å². The summed E-state index contributed by atoms with van der Waals surface area (Å²) in [6.07, 6.45) is 2.13. The van der Waals surface area contributed by atoms with Gasteiger partial charge in [0.15, 0.2) is 0 Å². The first-order chi connectivity index (χ1) is 9.50. The normalized spacial score (nSPS) is 13.3. The van der Waals surface area contributed by atoms with Crippen LogP contribution in [0.15, 0.2) is 24.3 Å². The number of nitrogens with one attached hydrogen (secondary N) is 1. The number of rotatable bonds is 9. The SMILES string of the molecule is CCCNC(CCCS(=O)(=O)CC)c1ccccc1F. The Kier molecular flexibility index (Phi) is 7.16. The molecule has 20 heavy (non-hydrogen) atoms. The maximum Gasteiger partial charge on any atom is 0.150 e. The third-order valence-corrected chi connectivity index (χ3v) is 5.10. The topological polar surface area (TPSA) is 46.2 Å². The van der Waals surface area contributed by atoms with Crippen LogP contribution in [0.3, 0.4) is 0 Å².